The van der Waals surface area contributed by atoms with Gasteiger partial charge in [0.15, 0.2) is 0 Å². The predicted octanol–water partition coefficient (Wildman–Crippen LogP) is 1.69. The van der Waals surface area contributed by atoms with Crippen molar-refractivity contribution < 1.29 is 9.53 Å². The minimum Gasteiger partial charge on any atom is -0.383 e. The molecule has 0 unspecified atom stereocenters. The van der Waals surface area contributed by atoms with Crippen molar-refractivity contribution in [1.82, 2.24) is 24.7 Å². The topological polar surface area (TPSA) is 87.8 Å². The van der Waals surface area contributed by atoms with Crippen molar-refractivity contribution in [2.24, 2.45) is 11.8 Å². The molecule has 1 aromatic rings. The fourth-order valence-electron chi connectivity index (χ4n) is 5.40. The largest absolute Gasteiger partial charge is 0.383 e. The number of likely N-dealkylation sites (N-methyl/N-ethyl adjacent to an activating group) is 2. The van der Waals surface area contributed by atoms with E-state index >= 15 is 0 Å². The Kier molecular flexibility index (Phi) is 9.25. The standard InChI is InChI=1S/C24H42N6O2/c1-5-7-30-17-18(13-23(31)29(6-2)9-8-28(3)10-11-32-4)12-19-14-21-20(15-22(19)30)16-26-24(25)27-21/h16,18-19,22H,5-15,17H2,1-4H3,(H2,25,26,27)/t18-,19-,22-/m1/s1. The van der Waals surface area contributed by atoms with E-state index in [0.29, 0.717) is 36.9 Å². The number of hydrogen-bond acceptors (Lipinski definition) is 7. The summed E-state index contributed by atoms with van der Waals surface area (Å²) in [5.41, 5.74) is 8.20. The quantitative estimate of drug-likeness (QED) is 0.553. The molecule has 1 aromatic heterocycles. The van der Waals surface area contributed by atoms with Crippen LogP contribution in [-0.4, -0.2) is 96.6 Å². The van der Waals surface area contributed by atoms with E-state index in [0.717, 1.165) is 70.6 Å². The Labute approximate surface area is 193 Å². The highest BCUT2D eigenvalue weighted by Gasteiger charge is 2.40. The number of nitrogens with zero attached hydrogens (tertiary/aromatic N) is 5. The number of anilines is 1. The molecule has 2 N–H and O–H groups in total. The van der Waals surface area contributed by atoms with E-state index in [9.17, 15) is 4.79 Å². The van der Waals surface area contributed by atoms with Crippen molar-refractivity contribution in [2.45, 2.75) is 52.0 Å². The summed E-state index contributed by atoms with van der Waals surface area (Å²) in [5.74, 6) is 1.58. The van der Waals surface area contributed by atoms with Crippen molar-refractivity contribution in [3.8, 4) is 0 Å². The molecule has 1 aliphatic heterocycles. The number of methoxy groups -OCH3 is 1. The van der Waals surface area contributed by atoms with Gasteiger partial charge in [0.05, 0.1) is 6.61 Å². The van der Waals surface area contributed by atoms with Gasteiger partial charge in [-0.25, -0.2) is 9.97 Å². The number of nitrogens with two attached hydrogens (primary N) is 1. The molecule has 0 spiro atoms. The molecule has 0 radical (unpaired) electrons. The number of hydrogen-bond donors (Lipinski definition) is 1. The van der Waals surface area contributed by atoms with Crippen LogP contribution in [0.1, 0.15) is 44.4 Å². The van der Waals surface area contributed by atoms with E-state index < -0.39 is 0 Å². The molecule has 1 fully saturated rings. The fraction of sp³-hybridized carbons (Fsp3) is 0.792. The molecule has 3 atom stereocenters. The molecule has 0 bridgehead atoms. The van der Waals surface area contributed by atoms with E-state index in [4.69, 9.17) is 10.5 Å². The molecular weight excluding hydrogens is 404 g/mol. The number of amides is 1. The van der Waals surface area contributed by atoms with Gasteiger partial charge in [-0.15, -0.1) is 0 Å². The first-order valence-electron chi connectivity index (χ1n) is 12.2. The average molecular weight is 447 g/mol. The highest BCUT2D eigenvalue weighted by molar-refractivity contribution is 5.76. The van der Waals surface area contributed by atoms with Crippen molar-refractivity contribution >= 4 is 11.9 Å². The SMILES string of the molecule is CCCN1C[C@@H](CC(=O)N(CC)CCN(C)CCOC)C[C@@H]2Cc3nc(N)ncc3C[C@H]21. The second-order valence-corrected chi connectivity index (χ2v) is 9.51. The number of nitrogen functional groups attached to an aromatic ring is 1. The number of carbonyl (C=O) groups excluding carboxylic acids is 1. The van der Waals surface area contributed by atoms with Gasteiger partial charge in [-0.05, 0) is 63.6 Å². The van der Waals surface area contributed by atoms with Crippen LogP contribution in [0, 0.1) is 11.8 Å². The Hall–Kier alpha value is -1.77. The van der Waals surface area contributed by atoms with E-state index in [2.05, 4.69) is 40.7 Å². The summed E-state index contributed by atoms with van der Waals surface area (Å²) in [6, 6.07) is 0.526. The minimum atomic E-state index is 0.287. The Bertz CT molecular complexity index is 745. The Morgan fingerprint density at radius 1 is 1.28 bits per heavy atom. The van der Waals surface area contributed by atoms with Crippen LogP contribution in [0.5, 0.6) is 0 Å². The van der Waals surface area contributed by atoms with Crippen molar-refractivity contribution in [1.29, 1.82) is 0 Å². The smallest absolute Gasteiger partial charge is 0.222 e. The molecular formula is C24H42N6O2. The number of rotatable bonds is 11. The summed E-state index contributed by atoms with van der Waals surface area (Å²) in [6.07, 6.45) is 6.71. The molecule has 8 heteroatoms. The summed E-state index contributed by atoms with van der Waals surface area (Å²) in [5, 5.41) is 0. The maximum atomic E-state index is 13.2. The molecule has 2 aliphatic rings. The van der Waals surface area contributed by atoms with E-state index in [1.165, 1.54) is 5.56 Å². The third kappa shape index (κ3) is 6.39. The molecule has 1 aliphatic carbocycles. The van der Waals surface area contributed by atoms with E-state index in [1.807, 2.05) is 11.1 Å². The molecule has 3 rings (SSSR count). The van der Waals surface area contributed by atoms with Gasteiger partial charge in [-0.2, -0.15) is 0 Å². The van der Waals surface area contributed by atoms with Gasteiger partial charge in [0.1, 0.15) is 0 Å². The number of carbonyl (C=O) groups is 1. The summed E-state index contributed by atoms with van der Waals surface area (Å²) in [7, 11) is 3.80. The second kappa shape index (κ2) is 11.9. The minimum absolute atomic E-state index is 0.287. The third-order valence-corrected chi connectivity index (χ3v) is 7.14. The van der Waals surface area contributed by atoms with Crippen molar-refractivity contribution in [3.05, 3.63) is 17.5 Å². The van der Waals surface area contributed by atoms with Crippen molar-refractivity contribution in [2.75, 3.05) is 65.8 Å². The van der Waals surface area contributed by atoms with Crippen LogP contribution in [0.3, 0.4) is 0 Å². The van der Waals surface area contributed by atoms with Gasteiger partial charge in [0.25, 0.3) is 0 Å². The zero-order chi connectivity index (χ0) is 23.1. The van der Waals surface area contributed by atoms with Gasteiger partial charge in [0.2, 0.25) is 11.9 Å². The zero-order valence-electron chi connectivity index (χ0n) is 20.4. The summed E-state index contributed by atoms with van der Waals surface area (Å²) >= 11 is 0. The van der Waals surface area contributed by atoms with Crippen LogP contribution < -0.4 is 5.73 Å². The predicted molar refractivity (Wildman–Crippen MR) is 127 cm³/mol. The average Bonchev–Trinajstić information content (AvgIpc) is 2.77. The van der Waals surface area contributed by atoms with Gasteiger partial charge in [-0.1, -0.05) is 6.92 Å². The number of ether oxygens (including phenoxy) is 1. The highest BCUT2D eigenvalue weighted by Crippen LogP contribution is 2.37. The Morgan fingerprint density at radius 2 is 2.09 bits per heavy atom. The summed E-state index contributed by atoms with van der Waals surface area (Å²) in [4.78, 5) is 28.8. The first kappa shape index (κ1) is 24.9. The van der Waals surface area contributed by atoms with Gasteiger partial charge >= 0.3 is 0 Å². The summed E-state index contributed by atoms with van der Waals surface area (Å²) < 4.78 is 5.15. The normalized spacial score (nSPS) is 23.1. The first-order valence-corrected chi connectivity index (χ1v) is 12.2. The van der Waals surface area contributed by atoms with Gasteiger partial charge in [-0.3, -0.25) is 9.69 Å². The lowest BCUT2D eigenvalue weighted by atomic mass is 9.73. The van der Waals surface area contributed by atoms with Crippen LogP contribution in [0.15, 0.2) is 6.20 Å². The fourth-order valence-corrected chi connectivity index (χ4v) is 5.40. The highest BCUT2D eigenvalue weighted by atomic mass is 16.5. The Morgan fingerprint density at radius 3 is 2.81 bits per heavy atom. The number of piperidine rings is 1. The molecule has 1 amide bonds. The molecule has 2 heterocycles. The lowest BCUT2D eigenvalue weighted by Crippen LogP contribution is -2.53. The van der Waals surface area contributed by atoms with Crippen LogP contribution in [0.2, 0.25) is 0 Å². The summed E-state index contributed by atoms with van der Waals surface area (Å²) in [6.45, 7) is 10.4. The first-order chi connectivity index (χ1) is 15.4. The second-order valence-electron chi connectivity index (χ2n) is 9.51. The maximum Gasteiger partial charge on any atom is 0.222 e. The zero-order valence-corrected chi connectivity index (χ0v) is 20.4. The number of aromatic nitrogens is 2. The van der Waals surface area contributed by atoms with Crippen LogP contribution in [0.4, 0.5) is 5.95 Å². The molecule has 32 heavy (non-hydrogen) atoms. The van der Waals surface area contributed by atoms with Crippen molar-refractivity contribution in [3.63, 3.8) is 0 Å². The monoisotopic (exact) mass is 446 g/mol. The molecule has 0 saturated carbocycles. The van der Waals surface area contributed by atoms with E-state index in [-0.39, 0.29) is 5.91 Å². The lowest BCUT2D eigenvalue weighted by molar-refractivity contribution is -0.133. The Balaban J connectivity index is 1.61. The molecule has 8 nitrogen and oxygen atoms in total. The molecule has 180 valence electrons. The third-order valence-electron chi connectivity index (χ3n) is 7.14. The van der Waals surface area contributed by atoms with Crippen LogP contribution >= 0.6 is 0 Å². The van der Waals surface area contributed by atoms with Gasteiger partial charge < -0.3 is 20.3 Å². The number of fused-ring (bicyclic) bond motifs is 2. The number of likely N-dealkylation sites (tertiary alicyclic amines) is 1. The maximum absolute atomic E-state index is 13.2. The van der Waals surface area contributed by atoms with Crippen LogP contribution in [-0.2, 0) is 22.4 Å². The van der Waals surface area contributed by atoms with E-state index in [1.54, 1.807) is 7.11 Å². The van der Waals surface area contributed by atoms with Gasteiger partial charge in [0, 0.05) is 64.2 Å². The molecule has 0 aromatic carbocycles. The van der Waals surface area contributed by atoms with Crippen LogP contribution in [0.25, 0.3) is 0 Å². The molecule has 1 saturated heterocycles. The lowest BCUT2D eigenvalue weighted by Gasteiger charge is -2.47.